The minimum atomic E-state index is -0.748. The van der Waals surface area contributed by atoms with Gasteiger partial charge in [0.2, 0.25) is 0 Å². The van der Waals surface area contributed by atoms with Gasteiger partial charge < -0.3 is 14.6 Å². The Balaban J connectivity index is 2.26. The van der Waals surface area contributed by atoms with Crippen molar-refractivity contribution in [2.75, 3.05) is 20.0 Å². The highest BCUT2D eigenvalue weighted by molar-refractivity contribution is 8.00. The number of hydrogen-bond donors (Lipinski definition) is 1. The van der Waals surface area contributed by atoms with Gasteiger partial charge in [-0.25, -0.2) is 0 Å². The average molecular weight is 310 g/mol. The van der Waals surface area contributed by atoms with Gasteiger partial charge in [0.1, 0.15) is 0 Å². The third-order valence-electron chi connectivity index (χ3n) is 3.96. The highest BCUT2D eigenvalue weighted by Crippen LogP contribution is 2.45. The Kier molecular flexibility index (Phi) is 5.79. The second-order valence-electron chi connectivity index (χ2n) is 5.22. The number of thioether (sulfide) groups is 1. The summed E-state index contributed by atoms with van der Waals surface area (Å²) in [6, 6.07) is 5.94. The van der Waals surface area contributed by atoms with Crippen LogP contribution in [0.15, 0.2) is 18.2 Å². The molecule has 2 rings (SSSR count). The molecule has 1 aliphatic rings. The van der Waals surface area contributed by atoms with Gasteiger partial charge >= 0.3 is 5.97 Å². The predicted molar refractivity (Wildman–Crippen MR) is 84.6 cm³/mol. The monoisotopic (exact) mass is 310 g/mol. The molecule has 2 atom stereocenters. The summed E-state index contributed by atoms with van der Waals surface area (Å²) in [5.41, 5.74) is 1.14. The molecule has 0 saturated heterocycles. The Bertz CT molecular complexity index is 489. The number of para-hydroxylation sites is 1. The van der Waals surface area contributed by atoms with Crippen molar-refractivity contribution in [3.05, 3.63) is 23.8 Å². The largest absolute Gasteiger partial charge is 0.493 e. The molecule has 116 valence electrons. The highest BCUT2D eigenvalue weighted by atomic mass is 32.2. The molecule has 1 aromatic carbocycles. The van der Waals surface area contributed by atoms with Crippen molar-refractivity contribution in [1.82, 2.24) is 0 Å². The second kappa shape index (κ2) is 7.59. The van der Waals surface area contributed by atoms with Crippen molar-refractivity contribution in [1.29, 1.82) is 0 Å². The van der Waals surface area contributed by atoms with Crippen LogP contribution in [-0.2, 0) is 4.79 Å². The van der Waals surface area contributed by atoms with E-state index in [4.69, 9.17) is 14.6 Å². The molecule has 1 N–H and O–H groups in total. The molecule has 0 aliphatic heterocycles. The van der Waals surface area contributed by atoms with Gasteiger partial charge in [-0.2, -0.15) is 0 Å². The van der Waals surface area contributed by atoms with Gasteiger partial charge in [-0.1, -0.05) is 25.0 Å². The molecule has 0 bridgehead atoms. The molecule has 1 saturated carbocycles. The molecule has 21 heavy (non-hydrogen) atoms. The summed E-state index contributed by atoms with van der Waals surface area (Å²) in [6.45, 7) is 0. The van der Waals surface area contributed by atoms with Crippen LogP contribution in [0.5, 0.6) is 11.5 Å². The number of aliphatic carboxylic acids is 1. The lowest BCUT2D eigenvalue weighted by atomic mass is 9.83. The Morgan fingerprint density at radius 2 is 2.05 bits per heavy atom. The first-order valence-electron chi connectivity index (χ1n) is 7.21. The number of hydrogen-bond acceptors (Lipinski definition) is 4. The van der Waals surface area contributed by atoms with E-state index in [1.54, 1.807) is 26.0 Å². The fraction of sp³-hybridized carbons (Fsp3) is 0.562. The third kappa shape index (κ3) is 3.84. The summed E-state index contributed by atoms with van der Waals surface area (Å²) in [6.07, 6.45) is 4.47. The smallest absolute Gasteiger partial charge is 0.313 e. The number of carboxylic acid groups (broad SMARTS) is 1. The molecule has 0 radical (unpaired) electrons. The molecule has 0 spiro atoms. The van der Waals surface area contributed by atoms with E-state index in [0.29, 0.717) is 11.2 Å². The topological polar surface area (TPSA) is 55.8 Å². The molecule has 1 aliphatic carbocycles. The number of rotatable bonds is 6. The van der Waals surface area contributed by atoms with Crippen LogP contribution in [0.25, 0.3) is 0 Å². The summed E-state index contributed by atoms with van der Waals surface area (Å²) in [4.78, 5) is 10.8. The van der Waals surface area contributed by atoms with Gasteiger partial charge in [-0.15, -0.1) is 11.8 Å². The summed E-state index contributed by atoms with van der Waals surface area (Å²) in [7, 11) is 3.29. The first kappa shape index (κ1) is 16.0. The maximum atomic E-state index is 10.8. The van der Waals surface area contributed by atoms with E-state index in [-0.39, 0.29) is 5.75 Å². The number of ether oxygens (including phenoxy) is 2. The number of methoxy groups -OCH3 is 2. The fourth-order valence-electron chi connectivity index (χ4n) is 3.03. The lowest BCUT2D eigenvalue weighted by Gasteiger charge is -2.32. The molecule has 4 nitrogen and oxygen atoms in total. The summed E-state index contributed by atoms with van der Waals surface area (Å²) in [5.74, 6) is 1.26. The van der Waals surface area contributed by atoms with Gasteiger partial charge in [-0.3, -0.25) is 4.79 Å². The van der Waals surface area contributed by atoms with Crippen molar-refractivity contribution < 1.29 is 19.4 Å². The van der Waals surface area contributed by atoms with E-state index in [1.807, 2.05) is 12.1 Å². The van der Waals surface area contributed by atoms with Crippen LogP contribution in [0.1, 0.15) is 37.2 Å². The predicted octanol–water partition coefficient (Wildman–Crippen LogP) is 3.55. The Labute approximate surface area is 129 Å². The summed E-state index contributed by atoms with van der Waals surface area (Å²) in [5, 5.41) is 9.25. The maximum Gasteiger partial charge on any atom is 0.313 e. The lowest BCUT2D eigenvalue weighted by molar-refractivity contribution is -0.133. The highest BCUT2D eigenvalue weighted by Gasteiger charge is 2.30. The molecule has 1 aromatic rings. The average Bonchev–Trinajstić information content (AvgIpc) is 2.52. The zero-order valence-corrected chi connectivity index (χ0v) is 13.3. The van der Waals surface area contributed by atoms with E-state index >= 15 is 0 Å². The van der Waals surface area contributed by atoms with Gasteiger partial charge in [0.25, 0.3) is 0 Å². The molecule has 5 heteroatoms. The summed E-state index contributed by atoms with van der Waals surface area (Å²) >= 11 is 1.55. The second-order valence-corrected chi connectivity index (χ2v) is 6.44. The van der Waals surface area contributed by atoms with Crippen LogP contribution in [0, 0.1) is 0 Å². The quantitative estimate of drug-likeness (QED) is 0.871. The van der Waals surface area contributed by atoms with E-state index in [1.165, 1.54) is 12.8 Å². The minimum Gasteiger partial charge on any atom is -0.493 e. The van der Waals surface area contributed by atoms with Crippen LogP contribution in [0.2, 0.25) is 0 Å². The molecular formula is C16H22O4S. The third-order valence-corrected chi connectivity index (χ3v) is 5.36. The van der Waals surface area contributed by atoms with Gasteiger partial charge in [0.05, 0.1) is 20.0 Å². The van der Waals surface area contributed by atoms with Crippen molar-refractivity contribution in [2.24, 2.45) is 0 Å². The summed E-state index contributed by atoms with van der Waals surface area (Å²) < 4.78 is 10.9. The van der Waals surface area contributed by atoms with Gasteiger partial charge in [-0.05, 0) is 24.8 Å². The van der Waals surface area contributed by atoms with E-state index in [9.17, 15) is 4.79 Å². The maximum absolute atomic E-state index is 10.8. The molecular weight excluding hydrogens is 288 g/mol. The van der Waals surface area contributed by atoms with E-state index in [0.717, 1.165) is 29.9 Å². The van der Waals surface area contributed by atoms with Crippen LogP contribution < -0.4 is 9.47 Å². The lowest BCUT2D eigenvalue weighted by Crippen LogP contribution is -2.22. The Morgan fingerprint density at radius 3 is 2.71 bits per heavy atom. The first-order valence-corrected chi connectivity index (χ1v) is 8.26. The fourth-order valence-corrected chi connectivity index (χ4v) is 4.24. The van der Waals surface area contributed by atoms with Crippen molar-refractivity contribution >= 4 is 17.7 Å². The van der Waals surface area contributed by atoms with E-state index < -0.39 is 5.97 Å². The SMILES string of the molecule is COc1cccc(C2CCCCC2SCC(=O)O)c1OC. The van der Waals surface area contributed by atoms with Crippen molar-refractivity contribution in [2.45, 2.75) is 36.9 Å². The van der Waals surface area contributed by atoms with Crippen molar-refractivity contribution in [3.8, 4) is 11.5 Å². The minimum absolute atomic E-state index is 0.160. The van der Waals surface area contributed by atoms with Crippen LogP contribution in [0.3, 0.4) is 0 Å². The molecule has 0 aromatic heterocycles. The number of benzene rings is 1. The molecule has 0 heterocycles. The number of carboxylic acids is 1. The van der Waals surface area contributed by atoms with Crippen molar-refractivity contribution in [3.63, 3.8) is 0 Å². The van der Waals surface area contributed by atoms with E-state index in [2.05, 4.69) is 6.07 Å². The number of carbonyl (C=O) groups is 1. The van der Waals surface area contributed by atoms with Crippen LogP contribution in [-0.4, -0.2) is 36.3 Å². The normalized spacial score (nSPS) is 21.8. The standard InChI is InChI=1S/C16H22O4S/c1-19-13-8-5-7-12(16(13)20-2)11-6-3-4-9-14(11)21-10-15(17)18/h5,7-8,11,14H,3-4,6,9-10H2,1-2H3,(H,17,18). The first-order chi connectivity index (χ1) is 10.2. The molecule has 2 unspecified atom stereocenters. The van der Waals surface area contributed by atoms with Gasteiger partial charge in [0, 0.05) is 10.8 Å². The Morgan fingerprint density at radius 1 is 1.29 bits per heavy atom. The van der Waals surface area contributed by atoms with Gasteiger partial charge in [0.15, 0.2) is 11.5 Å². The molecule has 0 amide bonds. The zero-order valence-electron chi connectivity index (χ0n) is 12.5. The zero-order chi connectivity index (χ0) is 15.2. The molecule has 1 fully saturated rings. The Hall–Kier alpha value is -1.36. The van der Waals surface area contributed by atoms with Crippen LogP contribution >= 0.6 is 11.8 Å². The van der Waals surface area contributed by atoms with Crippen LogP contribution in [0.4, 0.5) is 0 Å².